The number of hydrogen-bond donors (Lipinski definition) is 1. The summed E-state index contributed by atoms with van der Waals surface area (Å²) in [4.78, 5) is 0. The maximum Gasteiger partial charge on any atom is 0.0475 e. The van der Waals surface area contributed by atoms with E-state index >= 15 is 0 Å². The molecule has 0 saturated carbocycles. The molecular weight excluding hydrogens is 382 g/mol. The third-order valence-electron chi connectivity index (χ3n) is 4.89. The molecule has 1 nitrogen and oxygen atoms in total. The lowest BCUT2D eigenvalue weighted by Gasteiger charge is -2.12. The van der Waals surface area contributed by atoms with Crippen molar-refractivity contribution in [2.75, 3.05) is 5.32 Å². The second kappa shape index (κ2) is 6.15. The molecule has 2 heteroatoms. The van der Waals surface area contributed by atoms with Gasteiger partial charge in [-0.3, -0.25) is 0 Å². The predicted molar refractivity (Wildman–Crippen MR) is 114 cm³/mol. The Morgan fingerprint density at radius 3 is 1.85 bits per heavy atom. The lowest BCUT2D eigenvalue weighted by Crippen LogP contribution is -1.93. The first-order valence-corrected chi connectivity index (χ1v) is 9.45. The molecule has 5 rings (SSSR count). The molecule has 0 radical (unpaired) electrons. The van der Waals surface area contributed by atoms with E-state index in [1.54, 1.807) is 0 Å². The molecule has 0 saturated heterocycles. The van der Waals surface area contributed by atoms with Crippen molar-refractivity contribution < 1.29 is 0 Å². The standard InChI is InChI=1S/C24H16BrN/c25-18-11-13-22-20-9-5-4-8-19(20)21-12-10-17(16-6-2-1-3-7-16)14-23(21)26-24(22)15-18/h1-15,26H. The topological polar surface area (TPSA) is 12.0 Å². The van der Waals surface area contributed by atoms with Crippen molar-refractivity contribution >= 4 is 27.3 Å². The van der Waals surface area contributed by atoms with E-state index in [2.05, 4.69) is 112 Å². The van der Waals surface area contributed by atoms with Gasteiger partial charge >= 0.3 is 0 Å². The molecule has 0 amide bonds. The fourth-order valence-electron chi connectivity index (χ4n) is 3.65. The van der Waals surface area contributed by atoms with Crippen molar-refractivity contribution in [2.24, 2.45) is 0 Å². The van der Waals surface area contributed by atoms with Crippen molar-refractivity contribution in [3.8, 4) is 33.4 Å². The molecule has 0 fully saturated rings. The second-order valence-corrected chi connectivity index (χ2v) is 7.40. The molecule has 1 heterocycles. The summed E-state index contributed by atoms with van der Waals surface area (Å²) in [6.07, 6.45) is 0. The van der Waals surface area contributed by atoms with E-state index in [0.717, 1.165) is 15.8 Å². The van der Waals surface area contributed by atoms with Gasteiger partial charge in [-0.1, -0.05) is 88.7 Å². The van der Waals surface area contributed by atoms with E-state index in [0.29, 0.717) is 0 Å². The number of anilines is 2. The molecule has 1 aliphatic rings. The molecule has 0 bridgehead atoms. The van der Waals surface area contributed by atoms with E-state index in [1.165, 1.54) is 33.4 Å². The van der Waals surface area contributed by atoms with Gasteiger partial charge < -0.3 is 5.32 Å². The smallest absolute Gasteiger partial charge is 0.0475 e. The molecule has 1 aliphatic heterocycles. The largest absolute Gasteiger partial charge is 0.354 e. The Morgan fingerprint density at radius 2 is 1.12 bits per heavy atom. The van der Waals surface area contributed by atoms with Crippen LogP contribution in [0.5, 0.6) is 0 Å². The van der Waals surface area contributed by atoms with Crippen LogP contribution in [-0.4, -0.2) is 0 Å². The highest BCUT2D eigenvalue weighted by Gasteiger charge is 2.19. The zero-order chi connectivity index (χ0) is 17.5. The molecule has 1 N–H and O–H groups in total. The third-order valence-corrected chi connectivity index (χ3v) is 5.38. The minimum Gasteiger partial charge on any atom is -0.354 e. The fourth-order valence-corrected chi connectivity index (χ4v) is 4.01. The maximum absolute atomic E-state index is 3.67. The molecule has 0 aromatic heterocycles. The average molecular weight is 398 g/mol. The van der Waals surface area contributed by atoms with Crippen molar-refractivity contribution in [3.05, 3.63) is 95.5 Å². The Bertz CT molecular complexity index is 1120. The van der Waals surface area contributed by atoms with Crippen LogP contribution in [0.1, 0.15) is 0 Å². The van der Waals surface area contributed by atoms with Crippen LogP contribution in [0.25, 0.3) is 33.4 Å². The van der Waals surface area contributed by atoms with Crippen LogP contribution in [0.15, 0.2) is 95.5 Å². The van der Waals surface area contributed by atoms with Crippen LogP contribution in [-0.2, 0) is 0 Å². The van der Waals surface area contributed by atoms with Crippen molar-refractivity contribution in [1.29, 1.82) is 0 Å². The maximum atomic E-state index is 3.67. The Morgan fingerprint density at radius 1 is 0.500 bits per heavy atom. The summed E-state index contributed by atoms with van der Waals surface area (Å²) in [6, 6.07) is 32.2. The number of nitrogens with one attached hydrogen (secondary N) is 1. The first kappa shape index (κ1) is 15.4. The summed E-state index contributed by atoms with van der Waals surface area (Å²) in [7, 11) is 0. The summed E-state index contributed by atoms with van der Waals surface area (Å²) >= 11 is 3.61. The van der Waals surface area contributed by atoms with Crippen molar-refractivity contribution in [1.82, 2.24) is 0 Å². The molecule has 4 aromatic rings. The Kier molecular flexibility index (Phi) is 3.65. The van der Waals surface area contributed by atoms with Gasteiger partial charge in [-0.25, -0.2) is 0 Å². The highest BCUT2D eigenvalue weighted by molar-refractivity contribution is 9.10. The predicted octanol–water partition coefficient (Wildman–Crippen LogP) is 7.51. The van der Waals surface area contributed by atoms with Crippen LogP contribution in [0.4, 0.5) is 11.4 Å². The van der Waals surface area contributed by atoms with Crippen LogP contribution < -0.4 is 5.32 Å². The highest BCUT2D eigenvalue weighted by atomic mass is 79.9. The minimum atomic E-state index is 1.07. The van der Waals surface area contributed by atoms with Gasteiger partial charge in [0, 0.05) is 27.0 Å². The zero-order valence-electron chi connectivity index (χ0n) is 14.0. The second-order valence-electron chi connectivity index (χ2n) is 6.49. The fraction of sp³-hybridized carbons (Fsp3) is 0. The normalized spacial score (nSPS) is 11.6. The van der Waals surface area contributed by atoms with Crippen molar-refractivity contribution in [2.45, 2.75) is 0 Å². The Hall–Kier alpha value is -2.84. The van der Waals surface area contributed by atoms with Gasteiger partial charge in [-0.2, -0.15) is 0 Å². The number of fused-ring (bicyclic) bond motifs is 5. The molecule has 0 atom stereocenters. The van der Waals surface area contributed by atoms with Crippen molar-refractivity contribution in [3.63, 3.8) is 0 Å². The number of halogens is 1. The van der Waals surface area contributed by atoms with Crippen LogP contribution in [0.3, 0.4) is 0 Å². The highest BCUT2D eigenvalue weighted by Crippen LogP contribution is 2.45. The van der Waals surface area contributed by atoms with Gasteiger partial charge in [0.25, 0.3) is 0 Å². The average Bonchev–Trinajstić information content (AvgIpc) is 2.82. The van der Waals surface area contributed by atoms with Crippen LogP contribution >= 0.6 is 15.9 Å². The monoisotopic (exact) mass is 397 g/mol. The van der Waals surface area contributed by atoms with E-state index in [9.17, 15) is 0 Å². The molecule has 0 aliphatic carbocycles. The number of hydrogen-bond acceptors (Lipinski definition) is 1. The molecule has 124 valence electrons. The van der Waals surface area contributed by atoms with Gasteiger partial charge in [0.15, 0.2) is 0 Å². The first-order valence-electron chi connectivity index (χ1n) is 8.65. The van der Waals surface area contributed by atoms with E-state index in [-0.39, 0.29) is 0 Å². The summed E-state index contributed by atoms with van der Waals surface area (Å²) in [6.45, 7) is 0. The summed E-state index contributed by atoms with van der Waals surface area (Å²) < 4.78 is 1.07. The lowest BCUT2D eigenvalue weighted by molar-refractivity contribution is 1.54. The van der Waals surface area contributed by atoms with E-state index < -0.39 is 0 Å². The van der Waals surface area contributed by atoms with Crippen LogP contribution in [0.2, 0.25) is 0 Å². The van der Waals surface area contributed by atoms with Crippen LogP contribution in [0, 0.1) is 0 Å². The molecule has 0 unspecified atom stereocenters. The molecule has 26 heavy (non-hydrogen) atoms. The van der Waals surface area contributed by atoms with Gasteiger partial charge in [0.05, 0.1) is 0 Å². The van der Waals surface area contributed by atoms with Gasteiger partial charge in [0.2, 0.25) is 0 Å². The lowest BCUT2D eigenvalue weighted by atomic mass is 9.93. The zero-order valence-corrected chi connectivity index (χ0v) is 15.6. The van der Waals surface area contributed by atoms with Gasteiger partial charge in [-0.15, -0.1) is 0 Å². The molecule has 0 spiro atoms. The summed E-state index contributed by atoms with van der Waals surface area (Å²) in [5.41, 5.74) is 9.67. The SMILES string of the molecule is Brc1ccc2c(c1)Nc1cc(-c3ccccc3)ccc1-c1ccccc1-2. The number of benzene rings is 4. The summed E-state index contributed by atoms with van der Waals surface area (Å²) in [5.74, 6) is 0. The molecular formula is C24H16BrN. The van der Waals surface area contributed by atoms with Gasteiger partial charge in [0.1, 0.15) is 0 Å². The minimum absolute atomic E-state index is 1.07. The Balaban J connectivity index is 1.77. The van der Waals surface area contributed by atoms with Gasteiger partial charge in [-0.05, 0) is 40.5 Å². The summed E-state index contributed by atoms with van der Waals surface area (Å²) in [5, 5.41) is 3.67. The van der Waals surface area contributed by atoms with E-state index in [4.69, 9.17) is 0 Å². The molecule has 4 aromatic carbocycles. The third kappa shape index (κ3) is 2.54. The van der Waals surface area contributed by atoms with E-state index in [1.807, 2.05) is 0 Å². The first-order chi connectivity index (χ1) is 12.8. The number of rotatable bonds is 1. The Labute approximate surface area is 161 Å². The quantitative estimate of drug-likeness (QED) is 0.308.